The molecule has 0 amide bonds. The summed E-state index contributed by atoms with van der Waals surface area (Å²) in [6, 6.07) is 19.2. The number of hydrogen-bond acceptors (Lipinski definition) is 3. The first kappa shape index (κ1) is 15.1. The lowest BCUT2D eigenvalue weighted by atomic mass is 9.89. The minimum atomic E-state index is -0.317. The maximum absolute atomic E-state index is 6.37. The number of hydrogen-bond donors (Lipinski definition) is 0. The van der Waals surface area contributed by atoms with Crippen LogP contribution < -0.4 is 0 Å². The Kier molecular flexibility index (Phi) is 3.90. The smallest absolute Gasteiger partial charge is 0.137 e. The Balaban J connectivity index is 1.66. The van der Waals surface area contributed by atoms with Gasteiger partial charge >= 0.3 is 0 Å². The molecule has 2 atom stereocenters. The van der Waals surface area contributed by atoms with Gasteiger partial charge in [-0.25, -0.2) is 9.67 Å². The van der Waals surface area contributed by atoms with Crippen molar-refractivity contribution in [3.8, 4) is 11.1 Å². The van der Waals surface area contributed by atoms with Crippen molar-refractivity contribution >= 4 is 0 Å². The average Bonchev–Trinajstić information content (AvgIpc) is 3.27. The second-order valence-electron chi connectivity index (χ2n) is 6.50. The third kappa shape index (κ3) is 2.85. The van der Waals surface area contributed by atoms with E-state index in [1.165, 1.54) is 16.7 Å². The first-order chi connectivity index (χ1) is 11.8. The van der Waals surface area contributed by atoms with E-state index in [4.69, 9.17) is 4.74 Å². The Morgan fingerprint density at radius 2 is 1.83 bits per heavy atom. The zero-order chi connectivity index (χ0) is 16.4. The molecule has 0 N–H and O–H groups in total. The van der Waals surface area contributed by atoms with Crippen LogP contribution in [-0.4, -0.2) is 20.9 Å². The highest BCUT2D eigenvalue weighted by atomic mass is 16.5. The van der Waals surface area contributed by atoms with Crippen molar-refractivity contribution in [2.45, 2.75) is 38.0 Å². The van der Waals surface area contributed by atoms with E-state index in [0.29, 0.717) is 6.54 Å². The van der Waals surface area contributed by atoms with Gasteiger partial charge in [-0.3, -0.25) is 0 Å². The second-order valence-corrected chi connectivity index (χ2v) is 6.50. The van der Waals surface area contributed by atoms with Crippen molar-refractivity contribution in [3.05, 3.63) is 72.8 Å². The Hall–Kier alpha value is -2.46. The van der Waals surface area contributed by atoms with Gasteiger partial charge in [0.1, 0.15) is 18.3 Å². The van der Waals surface area contributed by atoms with Crippen molar-refractivity contribution in [2.75, 3.05) is 0 Å². The van der Waals surface area contributed by atoms with Crippen LogP contribution >= 0.6 is 0 Å². The number of nitrogens with zero attached hydrogens (tertiary/aromatic N) is 3. The fraction of sp³-hybridized carbons (Fsp3) is 0.300. The van der Waals surface area contributed by atoms with E-state index in [9.17, 15) is 0 Å². The standard InChI is InChI=1S/C20H21N3O/c1-16-11-12-20(24-16,13-23-15-21-14-22-23)19-9-7-18(8-10-19)17-5-3-2-4-6-17/h2-10,14-16H,11-13H2,1H3. The molecule has 1 aliphatic rings. The van der Waals surface area contributed by atoms with Crippen LogP contribution in [0.2, 0.25) is 0 Å². The molecule has 0 saturated carbocycles. The molecule has 1 aliphatic heterocycles. The van der Waals surface area contributed by atoms with Gasteiger partial charge in [0.2, 0.25) is 0 Å². The predicted octanol–water partition coefficient (Wildman–Crippen LogP) is 4.04. The predicted molar refractivity (Wildman–Crippen MR) is 93.4 cm³/mol. The van der Waals surface area contributed by atoms with Gasteiger partial charge in [0, 0.05) is 0 Å². The highest BCUT2D eigenvalue weighted by molar-refractivity contribution is 5.63. The number of rotatable bonds is 4. The van der Waals surface area contributed by atoms with Crippen LogP contribution in [0, 0.1) is 0 Å². The molecule has 4 heteroatoms. The fourth-order valence-electron chi connectivity index (χ4n) is 3.53. The number of ether oxygens (including phenoxy) is 1. The summed E-state index contributed by atoms with van der Waals surface area (Å²) >= 11 is 0. The summed E-state index contributed by atoms with van der Waals surface area (Å²) in [6.45, 7) is 2.84. The lowest BCUT2D eigenvalue weighted by Crippen LogP contribution is -2.32. The quantitative estimate of drug-likeness (QED) is 0.728. The van der Waals surface area contributed by atoms with Crippen LogP contribution in [0.15, 0.2) is 67.3 Å². The molecular weight excluding hydrogens is 298 g/mol. The summed E-state index contributed by atoms with van der Waals surface area (Å²) in [5, 5.41) is 4.27. The van der Waals surface area contributed by atoms with Crippen LogP contribution in [-0.2, 0) is 16.9 Å². The SMILES string of the molecule is CC1CCC(Cn2cncn2)(c2ccc(-c3ccccc3)cc2)O1. The molecule has 4 nitrogen and oxygen atoms in total. The van der Waals surface area contributed by atoms with Crippen LogP contribution in [0.1, 0.15) is 25.3 Å². The molecule has 0 spiro atoms. The third-order valence-corrected chi connectivity index (χ3v) is 4.78. The molecule has 2 aromatic carbocycles. The Morgan fingerprint density at radius 3 is 2.46 bits per heavy atom. The molecule has 24 heavy (non-hydrogen) atoms. The van der Waals surface area contributed by atoms with E-state index in [2.05, 4.69) is 65.5 Å². The highest BCUT2D eigenvalue weighted by Crippen LogP contribution is 2.41. The van der Waals surface area contributed by atoms with E-state index in [1.807, 2.05) is 10.7 Å². The molecular formula is C20H21N3O. The second kappa shape index (κ2) is 6.21. The fourth-order valence-corrected chi connectivity index (χ4v) is 3.53. The minimum absolute atomic E-state index is 0.266. The number of aromatic nitrogens is 3. The van der Waals surface area contributed by atoms with Gasteiger partial charge in [-0.05, 0) is 36.5 Å². The maximum Gasteiger partial charge on any atom is 0.137 e. The summed E-state index contributed by atoms with van der Waals surface area (Å²) in [7, 11) is 0. The summed E-state index contributed by atoms with van der Waals surface area (Å²) in [4.78, 5) is 4.06. The molecule has 122 valence electrons. The highest BCUT2D eigenvalue weighted by Gasteiger charge is 2.40. The molecule has 1 saturated heterocycles. The van der Waals surface area contributed by atoms with E-state index in [-0.39, 0.29) is 11.7 Å². The Bertz CT molecular complexity index is 784. The lowest BCUT2D eigenvalue weighted by molar-refractivity contribution is -0.0524. The molecule has 1 fully saturated rings. The van der Waals surface area contributed by atoms with Gasteiger partial charge in [-0.2, -0.15) is 5.10 Å². The van der Waals surface area contributed by atoms with Crippen LogP contribution in [0.5, 0.6) is 0 Å². The van der Waals surface area contributed by atoms with Crippen molar-refractivity contribution in [2.24, 2.45) is 0 Å². The first-order valence-corrected chi connectivity index (χ1v) is 8.41. The van der Waals surface area contributed by atoms with Gasteiger partial charge in [0.05, 0.1) is 12.6 Å². The van der Waals surface area contributed by atoms with Gasteiger partial charge in [-0.15, -0.1) is 0 Å². The number of benzene rings is 2. The van der Waals surface area contributed by atoms with Crippen molar-refractivity contribution < 1.29 is 4.74 Å². The minimum Gasteiger partial charge on any atom is -0.365 e. The first-order valence-electron chi connectivity index (χ1n) is 8.41. The van der Waals surface area contributed by atoms with E-state index >= 15 is 0 Å². The summed E-state index contributed by atoms with van der Waals surface area (Å²) in [6.07, 6.45) is 5.66. The summed E-state index contributed by atoms with van der Waals surface area (Å²) < 4.78 is 8.23. The van der Waals surface area contributed by atoms with E-state index in [0.717, 1.165) is 12.8 Å². The average molecular weight is 319 g/mol. The maximum atomic E-state index is 6.37. The largest absolute Gasteiger partial charge is 0.365 e. The Morgan fingerprint density at radius 1 is 1.08 bits per heavy atom. The van der Waals surface area contributed by atoms with Crippen molar-refractivity contribution in [1.82, 2.24) is 14.8 Å². The molecule has 0 bridgehead atoms. The normalized spacial score (nSPS) is 23.5. The van der Waals surface area contributed by atoms with Crippen molar-refractivity contribution in [1.29, 1.82) is 0 Å². The summed E-state index contributed by atoms with van der Waals surface area (Å²) in [5.74, 6) is 0. The van der Waals surface area contributed by atoms with Gasteiger partial charge < -0.3 is 4.74 Å². The van der Waals surface area contributed by atoms with E-state index in [1.54, 1.807) is 12.7 Å². The summed E-state index contributed by atoms with van der Waals surface area (Å²) in [5.41, 5.74) is 3.35. The third-order valence-electron chi connectivity index (χ3n) is 4.78. The monoisotopic (exact) mass is 319 g/mol. The molecule has 2 heterocycles. The molecule has 0 radical (unpaired) electrons. The molecule has 2 unspecified atom stereocenters. The van der Waals surface area contributed by atoms with Crippen LogP contribution in [0.3, 0.4) is 0 Å². The van der Waals surface area contributed by atoms with Gasteiger partial charge in [0.25, 0.3) is 0 Å². The molecule has 1 aromatic heterocycles. The zero-order valence-electron chi connectivity index (χ0n) is 13.8. The van der Waals surface area contributed by atoms with Crippen LogP contribution in [0.25, 0.3) is 11.1 Å². The molecule has 0 aliphatic carbocycles. The topological polar surface area (TPSA) is 39.9 Å². The van der Waals surface area contributed by atoms with Gasteiger partial charge in [-0.1, -0.05) is 54.6 Å². The van der Waals surface area contributed by atoms with Crippen LogP contribution in [0.4, 0.5) is 0 Å². The molecule has 4 rings (SSSR count). The van der Waals surface area contributed by atoms with Crippen molar-refractivity contribution in [3.63, 3.8) is 0 Å². The van der Waals surface area contributed by atoms with Gasteiger partial charge in [0.15, 0.2) is 0 Å². The van der Waals surface area contributed by atoms with E-state index < -0.39 is 0 Å². The molecule has 3 aromatic rings. The lowest BCUT2D eigenvalue weighted by Gasteiger charge is -2.30. The zero-order valence-corrected chi connectivity index (χ0v) is 13.8. The Labute approximate surface area is 142 Å².